The van der Waals surface area contributed by atoms with Gasteiger partial charge in [-0.05, 0) is 48.7 Å². The lowest BCUT2D eigenvalue weighted by Crippen LogP contribution is -2.30. The number of amides is 2. The summed E-state index contributed by atoms with van der Waals surface area (Å²) in [7, 11) is 0. The molecule has 2 aromatic carbocycles. The van der Waals surface area contributed by atoms with E-state index in [9.17, 15) is 9.59 Å². The average molecular weight is 566 g/mol. The number of carbonyl (C=O) groups excluding carboxylic acids is 2. The van der Waals surface area contributed by atoms with Gasteiger partial charge in [0.1, 0.15) is 0 Å². The molecule has 4 nitrogen and oxygen atoms in total. The van der Waals surface area contributed by atoms with Crippen LogP contribution in [0.4, 0.5) is 5.69 Å². The van der Waals surface area contributed by atoms with E-state index in [2.05, 4.69) is 37.9 Å². The number of thiazole rings is 1. The van der Waals surface area contributed by atoms with E-state index in [1.807, 2.05) is 30.3 Å². The highest BCUT2D eigenvalue weighted by atomic mass is 79.9. The maximum atomic E-state index is 12.9. The van der Waals surface area contributed by atoms with Crippen LogP contribution >= 0.6 is 55.0 Å². The second-order valence-electron chi connectivity index (χ2n) is 7.67. The number of rotatable bonds is 4. The quantitative estimate of drug-likeness (QED) is 0.258. The second kappa shape index (κ2) is 8.37. The average Bonchev–Trinajstić information content (AvgIpc) is 3.25. The molecule has 2 fully saturated rings. The Hall–Kier alpha value is -1.22. The highest BCUT2D eigenvalue weighted by molar-refractivity contribution is 9.11. The van der Waals surface area contributed by atoms with Gasteiger partial charge in [0.25, 0.3) is 0 Å². The van der Waals surface area contributed by atoms with Gasteiger partial charge in [0.05, 0.1) is 27.7 Å². The smallest absolute Gasteiger partial charge is 0.237 e. The van der Waals surface area contributed by atoms with Crippen LogP contribution in [-0.4, -0.2) is 16.8 Å². The van der Waals surface area contributed by atoms with E-state index in [0.29, 0.717) is 5.69 Å². The molecule has 0 bridgehead atoms. The van der Waals surface area contributed by atoms with Crippen molar-refractivity contribution in [2.75, 3.05) is 4.90 Å². The predicted molar refractivity (Wildman–Crippen MR) is 129 cm³/mol. The first-order chi connectivity index (χ1) is 14.5. The molecule has 1 saturated carbocycles. The number of nitrogens with zero attached hydrogens (tertiary/aromatic N) is 2. The third-order valence-corrected chi connectivity index (χ3v) is 9.26. The Labute approximate surface area is 199 Å². The standard InChI is InChI=1S/C22H18Br2N2O2S2/c23-13-6-5-12(17(24)9-13)11-29-22-25-18-8-7-14(10-19(18)30-22)26-20(27)15-3-1-2-4-16(15)21(26)28/h5-10,15-16H,1-4,11H2/t15-,16-/m1/s1. The lowest BCUT2D eigenvalue weighted by atomic mass is 9.81. The third kappa shape index (κ3) is 3.76. The van der Waals surface area contributed by atoms with Gasteiger partial charge < -0.3 is 0 Å². The summed E-state index contributed by atoms with van der Waals surface area (Å²) < 4.78 is 4.09. The van der Waals surface area contributed by atoms with Gasteiger partial charge in [0.2, 0.25) is 11.8 Å². The molecule has 0 radical (unpaired) electrons. The fourth-order valence-electron chi connectivity index (χ4n) is 4.29. The summed E-state index contributed by atoms with van der Waals surface area (Å²) in [6.07, 6.45) is 3.75. The summed E-state index contributed by atoms with van der Waals surface area (Å²) in [5.74, 6) is 0.511. The number of fused-ring (bicyclic) bond motifs is 2. The molecule has 1 aliphatic heterocycles. The van der Waals surface area contributed by atoms with E-state index in [4.69, 9.17) is 4.98 Å². The highest BCUT2D eigenvalue weighted by Crippen LogP contribution is 2.41. The van der Waals surface area contributed by atoms with Crippen molar-refractivity contribution in [3.8, 4) is 0 Å². The molecule has 30 heavy (non-hydrogen) atoms. The lowest BCUT2D eigenvalue weighted by Gasteiger charge is -2.19. The van der Waals surface area contributed by atoms with E-state index in [0.717, 1.165) is 54.9 Å². The number of hydrogen-bond acceptors (Lipinski definition) is 5. The fourth-order valence-corrected chi connectivity index (χ4v) is 7.77. The van der Waals surface area contributed by atoms with Gasteiger partial charge in [-0.25, -0.2) is 4.98 Å². The van der Waals surface area contributed by atoms with Gasteiger partial charge in [0.15, 0.2) is 4.34 Å². The molecule has 0 N–H and O–H groups in total. The minimum Gasteiger partial charge on any atom is -0.274 e. The van der Waals surface area contributed by atoms with Crippen LogP contribution in [0, 0.1) is 11.8 Å². The van der Waals surface area contributed by atoms with Crippen LogP contribution in [0.15, 0.2) is 49.7 Å². The zero-order valence-electron chi connectivity index (χ0n) is 15.9. The third-order valence-electron chi connectivity index (χ3n) is 5.82. The minimum absolute atomic E-state index is 0.0248. The zero-order valence-corrected chi connectivity index (χ0v) is 20.7. The van der Waals surface area contributed by atoms with Crippen LogP contribution in [0.5, 0.6) is 0 Å². The molecule has 3 aromatic rings. The Morgan fingerprint density at radius 3 is 2.47 bits per heavy atom. The van der Waals surface area contributed by atoms with Crippen LogP contribution in [0.2, 0.25) is 0 Å². The van der Waals surface area contributed by atoms with Gasteiger partial charge in [-0.3, -0.25) is 14.5 Å². The van der Waals surface area contributed by atoms with Crippen LogP contribution in [0.1, 0.15) is 31.2 Å². The van der Waals surface area contributed by atoms with Crippen molar-refractivity contribution in [3.63, 3.8) is 0 Å². The van der Waals surface area contributed by atoms with Gasteiger partial charge in [-0.1, -0.05) is 62.5 Å². The number of carbonyl (C=O) groups is 2. The summed E-state index contributed by atoms with van der Waals surface area (Å²) in [5, 5.41) is 0. The number of imide groups is 1. The molecule has 2 heterocycles. The van der Waals surface area contributed by atoms with Gasteiger partial charge in [-0.15, -0.1) is 11.3 Å². The monoisotopic (exact) mass is 564 g/mol. The first kappa shape index (κ1) is 20.7. The van der Waals surface area contributed by atoms with E-state index in [1.165, 1.54) is 10.5 Å². The van der Waals surface area contributed by atoms with Gasteiger partial charge in [0, 0.05) is 14.7 Å². The lowest BCUT2D eigenvalue weighted by molar-refractivity contribution is -0.122. The number of halogens is 2. The van der Waals surface area contributed by atoms with Crippen molar-refractivity contribution in [2.24, 2.45) is 11.8 Å². The fraction of sp³-hybridized carbons (Fsp3) is 0.318. The zero-order chi connectivity index (χ0) is 20.8. The molecule has 154 valence electrons. The molecule has 1 saturated heterocycles. The molecular formula is C22H18Br2N2O2S2. The number of hydrogen-bond donors (Lipinski definition) is 0. The summed E-state index contributed by atoms with van der Waals surface area (Å²) in [6.45, 7) is 0. The summed E-state index contributed by atoms with van der Waals surface area (Å²) in [5.41, 5.74) is 2.79. The Morgan fingerprint density at radius 2 is 1.77 bits per heavy atom. The Morgan fingerprint density at radius 1 is 1.03 bits per heavy atom. The first-order valence-electron chi connectivity index (χ1n) is 9.86. The summed E-state index contributed by atoms with van der Waals surface area (Å²) in [6, 6.07) is 11.9. The van der Waals surface area contributed by atoms with E-state index < -0.39 is 0 Å². The van der Waals surface area contributed by atoms with E-state index in [-0.39, 0.29) is 23.7 Å². The number of thioether (sulfide) groups is 1. The van der Waals surface area contributed by atoms with Crippen molar-refractivity contribution in [1.29, 1.82) is 0 Å². The van der Waals surface area contributed by atoms with Crippen molar-refractivity contribution >= 4 is 82.7 Å². The number of aromatic nitrogens is 1. The van der Waals surface area contributed by atoms with E-state index in [1.54, 1.807) is 23.1 Å². The van der Waals surface area contributed by atoms with Crippen molar-refractivity contribution < 1.29 is 9.59 Å². The maximum absolute atomic E-state index is 12.9. The summed E-state index contributed by atoms with van der Waals surface area (Å²) in [4.78, 5) is 31.9. The molecule has 2 aliphatic rings. The molecule has 2 atom stereocenters. The molecule has 5 rings (SSSR count). The normalized spacial score (nSPS) is 21.5. The minimum atomic E-state index is -0.126. The van der Waals surface area contributed by atoms with Crippen molar-refractivity contribution in [2.45, 2.75) is 35.8 Å². The Balaban J connectivity index is 1.38. The molecule has 1 aromatic heterocycles. The van der Waals surface area contributed by atoms with Gasteiger partial charge in [-0.2, -0.15) is 0 Å². The topological polar surface area (TPSA) is 50.3 Å². The van der Waals surface area contributed by atoms with Crippen molar-refractivity contribution in [3.05, 3.63) is 50.9 Å². The number of anilines is 1. The van der Waals surface area contributed by atoms with E-state index >= 15 is 0 Å². The van der Waals surface area contributed by atoms with Crippen LogP contribution in [0.3, 0.4) is 0 Å². The molecule has 8 heteroatoms. The molecule has 2 amide bonds. The molecule has 1 aliphatic carbocycles. The Bertz CT molecular complexity index is 1140. The highest BCUT2D eigenvalue weighted by Gasteiger charge is 2.48. The number of benzene rings is 2. The second-order valence-corrected chi connectivity index (χ2v) is 11.7. The molecule has 0 spiro atoms. The Kier molecular flexibility index (Phi) is 5.77. The molecular weight excluding hydrogens is 548 g/mol. The molecule has 0 unspecified atom stereocenters. The predicted octanol–water partition coefficient (Wildman–Crippen LogP) is 6.79. The van der Waals surface area contributed by atoms with Crippen LogP contribution in [0.25, 0.3) is 10.2 Å². The van der Waals surface area contributed by atoms with Crippen LogP contribution < -0.4 is 4.90 Å². The first-order valence-corrected chi connectivity index (χ1v) is 13.3. The summed E-state index contributed by atoms with van der Waals surface area (Å²) >= 11 is 10.4. The van der Waals surface area contributed by atoms with Crippen molar-refractivity contribution in [1.82, 2.24) is 4.98 Å². The van der Waals surface area contributed by atoms with Crippen LogP contribution in [-0.2, 0) is 15.3 Å². The largest absolute Gasteiger partial charge is 0.274 e. The van der Waals surface area contributed by atoms with Gasteiger partial charge >= 0.3 is 0 Å². The SMILES string of the molecule is O=C1[C@@H]2CCCC[C@H]2C(=O)N1c1ccc2nc(SCc3ccc(Br)cc3Br)sc2c1. The maximum Gasteiger partial charge on any atom is 0.237 e.